The van der Waals surface area contributed by atoms with Crippen LogP contribution in [0.1, 0.15) is 40.0 Å². The SMILES string of the molecule is CC(C)S(=O)(=O)NC[C@@H]1CCCN([C@@H]2C[C@@H](C)OC2=O)C1. The molecule has 2 fully saturated rings. The molecule has 3 atom stereocenters. The van der Waals surface area contributed by atoms with E-state index in [-0.39, 0.29) is 24.0 Å². The van der Waals surface area contributed by atoms with Crippen molar-refractivity contribution in [3.63, 3.8) is 0 Å². The molecule has 2 aliphatic heterocycles. The monoisotopic (exact) mass is 318 g/mol. The van der Waals surface area contributed by atoms with E-state index in [0.717, 1.165) is 32.4 Å². The lowest BCUT2D eigenvalue weighted by atomic mass is 9.96. The molecular formula is C14H26N2O4S. The van der Waals surface area contributed by atoms with Crippen molar-refractivity contribution in [3.05, 3.63) is 0 Å². The Morgan fingerprint density at radius 3 is 2.71 bits per heavy atom. The second kappa shape index (κ2) is 6.62. The summed E-state index contributed by atoms with van der Waals surface area (Å²) in [4.78, 5) is 14.0. The van der Waals surface area contributed by atoms with Crippen LogP contribution >= 0.6 is 0 Å². The van der Waals surface area contributed by atoms with Crippen LogP contribution in [0.15, 0.2) is 0 Å². The molecule has 0 aromatic heterocycles. The van der Waals surface area contributed by atoms with E-state index in [2.05, 4.69) is 9.62 Å². The minimum absolute atomic E-state index is 0.0117. The normalized spacial score (nSPS) is 31.6. The predicted molar refractivity (Wildman–Crippen MR) is 80.3 cm³/mol. The number of likely N-dealkylation sites (tertiary alicyclic amines) is 1. The van der Waals surface area contributed by atoms with Crippen molar-refractivity contribution in [2.45, 2.75) is 57.4 Å². The van der Waals surface area contributed by atoms with Crippen LogP contribution in [0.5, 0.6) is 0 Å². The third-order valence-electron chi connectivity index (χ3n) is 4.33. The number of cyclic esters (lactones) is 1. The van der Waals surface area contributed by atoms with Gasteiger partial charge in [-0.15, -0.1) is 0 Å². The fourth-order valence-corrected chi connectivity index (χ4v) is 3.78. The third-order valence-corrected chi connectivity index (χ3v) is 6.14. The van der Waals surface area contributed by atoms with Crippen molar-refractivity contribution in [1.82, 2.24) is 9.62 Å². The first-order valence-corrected chi connectivity index (χ1v) is 9.27. The predicted octanol–water partition coefficient (Wildman–Crippen LogP) is 0.730. The number of hydrogen-bond acceptors (Lipinski definition) is 5. The van der Waals surface area contributed by atoms with Gasteiger partial charge in [0.1, 0.15) is 12.1 Å². The number of ether oxygens (including phenoxy) is 1. The molecule has 0 aliphatic carbocycles. The number of piperidine rings is 1. The number of esters is 1. The number of carbonyl (C=O) groups excluding carboxylic acids is 1. The zero-order chi connectivity index (χ0) is 15.6. The quantitative estimate of drug-likeness (QED) is 0.756. The highest BCUT2D eigenvalue weighted by atomic mass is 32.2. The standard InChI is InChI=1S/C14H26N2O4S/c1-10(2)21(18,19)15-8-12-5-4-6-16(9-12)13-7-11(3)20-14(13)17/h10-13,15H,4-9H2,1-3H3/t11-,12+,13-/m1/s1. The molecule has 122 valence electrons. The van der Waals surface area contributed by atoms with E-state index in [4.69, 9.17) is 4.74 Å². The van der Waals surface area contributed by atoms with Crippen LogP contribution in [0.2, 0.25) is 0 Å². The van der Waals surface area contributed by atoms with Crippen molar-refractivity contribution in [3.8, 4) is 0 Å². The smallest absolute Gasteiger partial charge is 0.323 e. The highest BCUT2D eigenvalue weighted by molar-refractivity contribution is 7.90. The number of nitrogens with zero attached hydrogens (tertiary/aromatic N) is 1. The highest BCUT2D eigenvalue weighted by Crippen LogP contribution is 2.25. The van der Waals surface area contributed by atoms with Crippen LogP contribution in [0.3, 0.4) is 0 Å². The Labute approximate surface area is 127 Å². The van der Waals surface area contributed by atoms with Crippen LogP contribution in [-0.4, -0.2) is 56.3 Å². The zero-order valence-electron chi connectivity index (χ0n) is 13.0. The molecule has 2 rings (SSSR count). The first kappa shape index (κ1) is 16.7. The van der Waals surface area contributed by atoms with Crippen molar-refractivity contribution in [1.29, 1.82) is 0 Å². The summed E-state index contributed by atoms with van der Waals surface area (Å²) in [6, 6.07) is -0.149. The summed E-state index contributed by atoms with van der Waals surface area (Å²) in [7, 11) is -3.21. The maximum absolute atomic E-state index is 11.8. The maximum Gasteiger partial charge on any atom is 0.323 e. The Balaban J connectivity index is 1.88. The molecular weight excluding hydrogens is 292 g/mol. The van der Waals surface area contributed by atoms with Gasteiger partial charge >= 0.3 is 5.97 Å². The number of hydrogen-bond donors (Lipinski definition) is 1. The molecule has 2 saturated heterocycles. The van der Waals surface area contributed by atoms with E-state index in [1.165, 1.54) is 0 Å². The van der Waals surface area contributed by atoms with Gasteiger partial charge in [0.25, 0.3) is 0 Å². The maximum atomic E-state index is 11.8. The summed E-state index contributed by atoms with van der Waals surface area (Å²) in [5.41, 5.74) is 0. The lowest BCUT2D eigenvalue weighted by Gasteiger charge is -2.35. The van der Waals surface area contributed by atoms with Crippen LogP contribution in [0.4, 0.5) is 0 Å². The molecule has 0 aromatic carbocycles. The summed E-state index contributed by atoms with van der Waals surface area (Å²) < 4.78 is 31.5. The van der Waals surface area contributed by atoms with Gasteiger partial charge in [0, 0.05) is 19.5 Å². The van der Waals surface area contributed by atoms with Gasteiger partial charge < -0.3 is 4.74 Å². The van der Waals surface area contributed by atoms with Crippen LogP contribution in [0.25, 0.3) is 0 Å². The minimum atomic E-state index is -3.21. The van der Waals surface area contributed by atoms with E-state index in [9.17, 15) is 13.2 Å². The average Bonchev–Trinajstić information content (AvgIpc) is 2.76. The van der Waals surface area contributed by atoms with Crippen LogP contribution < -0.4 is 4.72 Å². The lowest BCUT2D eigenvalue weighted by molar-refractivity contribution is -0.145. The van der Waals surface area contributed by atoms with Crippen molar-refractivity contribution < 1.29 is 17.9 Å². The Bertz CT molecular complexity index is 477. The molecule has 0 unspecified atom stereocenters. The van der Waals surface area contributed by atoms with Gasteiger partial charge in [0.05, 0.1) is 5.25 Å². The lowest BCUT2D eigenvalue weighted by Crippen LogP contribution is -2.47. The molecule has 0 spiro atoms. The fourth-order valence-electron chi connectivity index (χ4n) is 2.98. The molecule has 6 nitrogen and oxygen atoms in total. The van der Waals surface area contributed by atoms with Gasteiger partial charge in [-0.1, -0.05) is 0 Å². The second-order valence-electron chi connectivity index (χ2n) is 6.44. The highest BCUT2D eigenvalue weighted by Gasteiger charge is 2.38. The summed E-state index contributed by atoms with van der Waals surface area (Å²) in [5, 5.41) is -0.414. The molecule has 2 heterocycles. The number of rotatable bonds is 5. The van der Waals surface area contributed by atoms with Gasteiger partial charge in [-0.05, 0) is 46.1 Å². The van der Waals surface area contributed by atoms with Gasteiger partial charge in [-0.3, -0.25) is 9.69 Å². The van der Waals surface area contributed by atoms with Gasteiger partial charge in [0.2, 0.25) is 10.0 Å². The second-order valence-corrected chi connectivity index (χ2v) is 8.77. The van der Waals surface area contributed by atoms with Gasteiger partial charge in [-0.25, -0.2) is 13.1 Å². The molecule has 0 aromatic rings. The van der Waals surface area contributed by atoms with Crippen molar-refractivity contribution >= 4 is 16.0 Å². The summed E-state index contributed by atoms with van der Waals surface area (Å²) in [6.07, 6.45) is 2.71. The summed E-state index contributed by atoms with van der Waals surface area (Å²) >= 11 is 0. The summed E-state index contributed by atoms with van der Waals surface area (Å²) in [6.45, 7) is 7.36. The molecule has 7 heteroatoms. The largest absolute Gasteiger partial charge is 0.461 e. The van der Waals surface area contributed by atoms with E-state index in [1.807, 2.05) is 6.92 Å². The van der Waals surface area contributed by atoms with Gasteiger partial charge in [-0.2, -0.15) is 0 Å². The minimum Gasteiger partial charge on any atom is -0.461 e. The number of sulfonamides is 1. The van der Waals surface area contributed by atoms with E-state index in [1.54, 1.807) is 13.8 Å². The zero-order valence-corrected chi connectivity index (χ0v) is 13.9. The Morgan fingerprint density at radius 2 is 2.14 bits per heavy atom. The molecule has 0 saturated carbocycles. The number of nitrogens with one attached hydrogen (secondary N) is 1. The first-order valence-electron chi connectivity index (χ1n) is 7.72. The van der Waals surface area contributed by atoms with E-state index >= 15 is 0 Å². The molecule has 0 radical (unpaired) electrons. The van der Waals surface area contributed by atoms with E-state index in [0.29, 0.717) is 6.54 Å². The fraction of sp³-hybridized carbons (Fsp3) is 0.929. The first-order chi connectivity index (χ1) is 9.79. The Hall–Kier alpha value is -0.660. The molecule has 1 N–H and O–H groups in total. The van der Waals surface area contributed by atoms with Crippen LogP contribution in [-0.2, 0) is 19.6 Å². The topological polar surface area (TPSA) is 75.7 Å². The summed E-state index contributed by atoms with van der Waals surface area (Å²) in [5.74, 6) is 0.127. The molecule has 0 amide bonds. The average molecular weight is 318 g/mol. The van der Waals surface area contributed by atoms with Crippen LogP contribution in [0, 0.1) is 5.92 Å². The van der Waals surface area contributed by atoms with Crippen molar-refractivity contribution in [2.24, 2.45) is 5.92 Å². The number of carbonyl (C=O) groups is 1. The molecule has 0 bridgehead atoms. The molecule has 2 aliphatic rings. The van der Waals surface area contributed by atoms with E-state index < -0.39 is 15.3 Å². The third kappa shape index (κ3) is 4.17. The van der Waals surface area contributed by atoms with Gasteiger partial charge in [0.15, 0.2) is 0 Å². The Kier molecular flexibility index (Phi) is 5.27. The van der Waals surface area contributed by atoms with Crippen molar-refractivity contribution in [2.75, 3.05) is 19.6 Å². The Morgan fingerprint density at radius 1 is 1.43 bits per heavy atom. The molecule has 21 heavy (non-hydrogen) atoms.